The number of anilines is 1. The molecule has 0 saturated heterocycles. The molecule has 7 heteroatoms. The smallest absolute Gasteiger partial charge is 0.328 e. The Morgan fingerprint density at radius 2 is 1.77 bits per heavy atom. The molecule has 1 aliphatic carbocycles. The molecule has 2 N–H and O–H groups in total. The number of carbonyl (C=O) groups is 2. The molecule has 0 spiro atoms. The van der Waals surface area contributed by atoms with E-state index in [0.29, 0.717) is 23.6 Å². The van der Waals surface area contributed by atoms with Gasteiger partial charge in [-0.25, -0.2) is 4.79 Å². The van der Waals surface area contributed by atoms with Crippen molar-refractivity contribution in [3.63, 3.8) is 0 Å². The second-order valence-corrected chi connectivity index (χ2v) is 13.0. The Labute approximate surface area is 250 Å². The van der Waals surface area contributed by atoms with Crippen LogP contribution in [0.3, 0.4) is 0 Å². The van der Waals surface area contributed by atoms with Crippen molar-refractivity contribution in [1.29, 1.82) is 0 Å². The number of benzene rings is 3. The number of hydrogen-bond acceptors (Lipinski definition) is 5. The predicted octanol–water partition coefficient (Wildman–Crippen LogP) is 8.42. The molecule has 0 fully saturated rings. The summed E-state index contributed by atoms with van der Waals surface area (Å²) in [5.41, 5.74) is 4.97. The lowest BCUT2D eigenvalue weighted by Crippen LogP contribution is -2.42. The van der Waals surface area contributed by atoms with Crippen molar-refractivity contribution in [1.82, 2.24) is 5.32 Å². The number of methoxy groups -OCH3 is 1. The summed E-state index contributed by atoms with van der Waals surface area (Å²) in [6, 6.07) is 23.7. The number of esters is 1. The van der Waals surface area contributed by atoms with E-state index >= 15 is 0 Å². The number of halogens is 1. The number of allylic oxidation sites excluding steroid dienone is 1. The van der Waals surface area contributed by atoms with Crippen molar-refractivity contribution >= 4 is 45.4 Å². The lowest BCUT2D eigenvalue weighted by Gasteiger charge is -2.25. The minimum absolute atomic E-state index is 0.0844. The van der Waals surface area contributed by atoms with Crippen molar-refractivity contribution < 1.29 is 14.3 Å². The molecular weight excluding hydrogens is 584 g/mol. The van der Waals surface area contributed by atoms with Crippen LogP contribution in [0.25, 0.3) is 0 Å². The van der Waals surface area contributed by atoms with E-state index in [1.807, 2.05) is 18.2 Å². The van der Waals surface area contributed by atoms with Gasteiger partial charge in [0.2, 0.25) is 0 Å². The summed E-state index contributed by atoms with van der Waals surface area (Å²) in [6.07, 6.45) is 5.49. The Morgan fingerprint density at radius 3 is 2.40 bits per heavy atom. The fourth-order valence-electron chi connectivity index (χ4n) is 4.87. The first kappa shape index (κ1) is 29.9. The molecule has 210 valence electrons. The third-order valence-corrected chi connectivity index (χ3v) is 8.58. The molecule has 3 aromatic rings. The summed E-state index contributed by atoms with van der Waals surface area (Å²) in [6.45, 7) is 6.57. The van der Waals surface area contributed by atoms with E-state index in [4.69, 9.17) is 4.74 Å². The average molecular weight is 622 g/mol. The molecule has 0 bridgehead atoms. The van der Waals surface area contributed by atoms with Crippen LogP contribution in [0.1, 0.15) is 73.9 Å². The quantitative estimate of drug-likeness (QED) is 0.143. The molecule has 3 aromatic carbocycles. The maximum Gasteiger partial charge on any atom is 0.328 e. The van der Waals surface area contributed by atoms with Crippen LogP contribution >= 0.6 is 27.9 Å². The molecular formula is C33H37BrN2O3S. The second kappa shape index (κ2) is 13.6. The predicted molar refractivity (Wildman–Crippen MR) is 168 cm³/mol. The lowest BCUT2D eigenvalue weighted by atomic mass is 9.83. The van der Waals surface area contributed by atoms with Crippen LogP contribution in [0.4, 0.5) is 5.69 Å². The second-order valence-electron chi connectivity index (χ2n) is 11.2. The van der Waals surface area contributed by atoms with Gasteiger partial charge in [-0.3, -0.25) is 4.79 Å². The van der Waals surface area contributed by atoms with E-state index in [1.54, 1.807) is 6.07 Å². The summed E-state index contributed by atoms with van der Waals surface area (Å²) in [4.78, 5) is 27.2. The van der Waals surface area contributed by atoms with Gasteiger partial charge in [0.25, 0.3) is 5.91 Å². The van der Waals surface area contributed by atoms with Gasteiger partial charge in [-0.15, -0.1) is 0 Å². The van der Waals surface area contributed by atoms with E-state index in [9.17, 15) is 9.59 Å². The van der Waals surface area contributed by atoms with E-state index in [2.05, 4.69) is 101 Å². The molecule has 4 rings (SSSR count). The first-order valence-electron chi connectivity index (χ1n) is 13.6. The molecule has 5 nitrogen and oxygen atoms in total. The first-order valence-corrected chi connectivity index (χ1v) is 15.2. The molecule has 1 unspecified atom stereocenters. The highest BCUT2D eigenvalue weighted by atomic mass is 79.9. The van der Waals surface area contributed by atoms with E-state index in [-0.39, 0.29) is 11.3 Å². The molecule has 1 amide bonds. The summed E-state index contributed by atoms with van der Waals surface area (Å²) >= 11 is 4.93. The highest BCUT2D eigenvalue weighted by molar-refractivity contribution is 9.10. The van der Waals surface area contributed by atoms with Crippen LogP contribution in [-0.2, 0) is 14.9 Å². The van der Waals surface area contributed by atoms with E-state index in [0.717, 1.165) is 28.6 Å². The average Bonchev–Trinajstić information content (AvgIpc) is 2.96. The van der Waals surface area contributed by atoms with Gasteiger partial charge in [0.1, 0.15) is 6.04 Å². The number of rotatable bonds is 9. The van der Waals surface area contributed by atoms with Crippen LogP contribution in [0, 0.1) is 0 Å². The van der Waals surface area contributed by atoms with Crippen molar-refractivity contribution in [3.05, 3.63) is 106 Å². The Bertz CT molecular complexity index is 1350. The van der Waals surface area contributed by atoms with Crippen molar-refractivity contribution in [2.75, 3.05) is 11.8 Å². The van der Waals surface area contributed by atoms with Crippen LogP contribution in [0.2, 0.25) is 0 Å². The van der Waals surface area contributed by atoms with Crippen LogP contribution < -0.4 is 10.0 Å². The number of hydrogen-bond donors (Lipinski definition) is 2. The SMILES string of the molecule is COC(=O)[C@@H](CC1=CCC(c2ccccc2)CC1)NC(=O)c1cc(Br)ccc1NSc1ccc(C(C)(C)C)cc1. The summed E-state index contributed by atoms with van der Waals surface area (Å²) in [5.74, 6) is -0.299. The van der Waals surface area contributed by atoms with Crippen LogP contribution in [-0.4, -0.2) is 25.0 Å². The molecule has 0 aliphatic heterocycles. The fourth-order valence-corrected chi connectivity index (χ4v) is 5.90. The molecule has 1 aliphatic rings. The third kappa shape index (κ3) is 8.01. The van der Waals surface area contributed by atoms with Gasteiger partial charge in [-0.05, 0) is 90.4 Å². The molecule has 40 heavy (non-hydrogen) atoms. The number of amides is 1. The van der Waals surface area contributed by atoms with Crippen molar-refractivity contribution in [2.45, 2.75) is 68.7 Å². The number of nitrogens with one attached hydrogen (secondary N) is 2. The lowest BCUT2D eigenvalue weighted by molar-refractivity contribution is -0.142. The maximum atomic E-state index is 13.5. The van der Waals surface area contributed by atoms with Crippen molar-refractivity contribution in [3.8, 4) is 0 Å². The molecule has 0 aromatic heterocycles. The topological polar surface area (TPSA) is 67.4 Å². The molecule has 0 radical (unpaired) electrons. The standard InChI is InChI=1S/C33H37BrN2O3S/c1-33(2,3)25-14-17-27(18-15-25)40-36-29-19-16-26(34)21-28(29)31(37)35-30(32(38)39-4)20-22-10-12-24(13-11-22)23-8-6-5-7-9-23/h5-10,14-19,21,24,30,36H,11-13,20H2,1-4H3,(H,35,37)/t24?,30-/m1/s1. The summed E-state index contributed by atoms with van der Waals surface area (Å²) < 4.78 is 9.16. The maximum absolute atomic E-state index is 13.5. The Kier molecular flexibility index (Phi) is 10.1. The van der Waals surface area contributed by atoms with Crippen molar-refractivity contribution in [2.24, 2.45) is 0 Å². The number of ether oxygens (including phenoxy) is 1. The highest BCUT2D eigenvalue weighted by Crippen LogP contribution is 2.34. The minimum Gasteiger partial charge on any atom is -0.467 e. The van der Waals surface area contributed by atoms with E-state index in [1.165, 1.54) is 35.8 Å². The van der Waals surface area contributed by atoms with Crippen LogP contribution in [0.15, 0.2) is 93.8 Å². The van der Waals surface area contributed by atoms with Gasteiger partial charge in [0.05, 0.1) is 18.4 Å². The first-order chi connectivity index (χ1) is 19.1. The third-order valence-electron chi connectivity index (χ3n) is 7.26. The van der Waals surface area contributed by atoms with Crippen LogP contribution in [0.5, 0.6) is 0 Å². The van der Waals surface area contributed by atoms with Gasteiger partial charge in [0, 0.05) is 9.37 Å². The van der Waals surface area contributed by atoms with Gasteiger partial charge in [0.15, 0.2) is 0 Å². The van der Waals surface area contributed by atoms with E-state index < -0.39 is 12.0 Å². The monoisotopic (exact) mass is 620 g/mol. The van der Waals surface area contributed by atoms with Gasteiger partial charge in [-0.2, -0.15) is 0 Å². The van der Waals surface area contributed by atoms with Gasteiger partial charge >= 0.3 is 5.97 Å². The Morgan fingerprint density at radius 1 is 1.05 bits per heavy atom. The molecule has 2 atom stereocenters. The Balaban J connectivity index is 1.44. The Hall–Kier alpha value is -3.03. The minimum atomic E-state index is -0.763. The zero-order chi connectivity index (χ0) is 28.7. The highest BCUT2D eigenvalue weighted by Gasteiger charge is 2.26. The molecule has 0 saturated carbocycles. The normalized spacial score (nSPS) is 16.0. The zero-order valence-electron chi connectivity index (χ0n) is 23.5. The molecule has 0 heterocycles. The van der Waals surface area contributed by atoms with Gasteiger partial charge < -0.3 is 14.8 Å². The zero-order valence-corrected chi connectivity index (χ0v) is 25.9. The summed E-state index contributed by atoms with van der Waals surface area (Å²) in [5, 5.41) is 2.94. The van der Waals surface area contributed by atoms with Gasteiger partial charge in [-0.1, -0.05) is 90.8 Å². The largest absolute Gasteiger partial charge is 0.467 e. The summed E-state index contributed by atoms with van der Waals surface area (Å²) in [7, 11) is 1.36. The fraction of sp³-hybridized carbons (Fsp3) is 0.333. The number of carbonyl (C=O) groups excluding carboxylic acids is 2.